The van der Waals surface area contributed by atoms with Crippen molar-refractivity contribution in [1.29, 1.82) is 0 Å². The van der Waals surface area contributed by atoms with Crippen molar-refractivity contribution in [2.24, 2.45) is 0 Å². The van der Waals surface area contributed by atoms with Crippen LogP contribution in [0.1, 0.15) is 25.5 Å². The molecular weight excluding hydrogens is 264 g/mol. The highest BCUT2D eigenvalue weighted by atomic mass is 16.5. The molecule has 0 aliphatic carbocycles. The zero-order chi connectivity index (χ0) is 14.8. The SMILES string of the molecule is CCc1nc(CC)n2nc(-c3ccc(OC)cc3)cc2n1. The number of aryl methyl sites for hydroxylation is 2. The lowest BCUT2D eigenvalue weighted by atomic mass is 10.1. The predicted molar refractivity (Wildman–Crippen MR) is 81.5 cm³/mol. The van der Waals surface area contributed by atoms with Crippen molar-refractivity contribution in [2.45, 2.75) is 26.7 Å². The molecule has 0 saturated heterocycles. The number of benzene rings is 1. The third kappa shape index (κ3) is 2.46. The second-order valence-corrected chi connectivity index (χ2v) is 4.79. The standard InChI is InChI=1S/C16H18N4O/c1-4-14-17-15(5-2)20-16(18-14)10-13(19-20)11-6-8-12(21-3)9-7-11/h6-10H,4-5H2,1-3H3. The molecular formula is C16H18N4O. The van der Waals surface area contributed by atoms with Crippen LogP contribution in [0.5, 0.6) is 5.75 Å². The van der Waals surface area contributed by atoms with Crippen LogP contribution in [0.25, 0.3) is 16.9 Å². The van der Waals surface area contributed by atoms with Crippen molar-refractivity contribution in [3.8, 4) is 17.0 Å². The zero-order valence-corrected chi connectivity index (χ0v) is 12.5. The fourth-order valence-electron chi connectivity index (χ4n) is 2.28. The molecule has 0 unspecified atom stereocenters. The Morgan fingerprint density at radius 1 is 1.05 bits per heavy atom. The van der Waals surface area contributed by atoms with E-state index in [4.69, 9.17) is 4.74 Å². The maximum atomic E-state index is 5.18. The van der Waals surface area contributed by atoms with Gasteiger partial charge in [-0.3, -0.25) is 0 Å². The second kappa shape index (κ2) is 5.52. The fraction of sp³-hybridized carbons (Fsp3) is 0.312. The van der Waals surface area contributed by atoms with E-state index in [1.807, 2.05) is 34.8 Å². The Labute approximate surface area is 123 Å². The van der Waals surface area contributed by atoms with E-state index in [0.717, 1.165) is 47.1 Å². The van der Waals surface area contributed by atoms with E-state index in [1.54, 1.807) is 7.11 Å². The molecule has 0 fully saturated rings. The van der Waals surface area contributed by atoms with Gasteiger partial charge in [0, 0.05) is 24.5 Å². The Hall–Kier alpha value is -2.43. The summed E-state index contributed by atoms with van der Waals surface area (Å²) in [4.78, 5) is 9.09. The van der Waals surface area contributed by atoms with Gasteiger partial charge in [-0.2, -0.15) is 5.10 Å². The second-order valence-electron chi connectivity index (χ2n) is 4.79. The van der Waals surface area contributed by atoms with Gasteiger partial charge in [-0.1, -0.05) is 13.8 Å². The fourth-order valence-corrected chi connectivity index (χ4v) is 2.28. The molecule has 0 bridgehead atoms. The highest BCUT2D eigenvalue weighted by molar-refractivity contribution is 5.64. The monoisotopic (exact) mass is 282 g/mol. The average Bonchev–Trinajstić information content (AvgIpc) is 2.97. The summed E-state index contributed by atoms with van der Waals surface area (Å²) >= 11 is 0. The van der Waals surface area contributed by atoms with Crippen LogP contribution < -0.4 is 4.74 Å². The van der Waals surface area contributed by atoms with Crippen LogP contribution in [-0.2, 0) is 12.8 Å². The first kappa shape index (κ1) is 13.5. The molecule has 5 heteroatoms. The Kier molecular flexibility index (Phi) is 3.56. The smallest absolute Gasteiger partial charge is 0.159 e. The van der Waals surface area contributed by atoms with Gasteiger partial charge in [0.15, 0.2) is 5.65 Å². The van der Waals surface area contributed by atoms with Crippen molar-refractivity contribution in [2.75, 3.05) is 7.11 Å². The van der Waals surface area contributed by atoms with Crippen molar-refractivity contribution < 1.29 is 4.74 Å². The molecule has 1 aromatic carbocycles. The normalized spacial score (nSPS) is 11.0. The molecule has 0 spiro atoms. The van der Waals surface area contributed by atoms with Crippen LogP contribution >= 0.6 is 0 Å². The van der Waals surface area contributed by atoms with E-state index in [9.17, 15) is 0 Å². The van der Waals surface area contributed by atoms with Crippen LogP contribution in [0.15, 0.2) is 30.3 Å². The molecule has 0 atom stereocenters. The van der Waals surface area contributed by atoms with Crippen LogP contribution in [0, 0.1) is 0 Å². The van der Waals surface area contributed by atoms with Crippen molar-refractivity contribution in [1.82, 2.24) is 19.6 Å². The van der Waals surface area contributed by atoms with Crippen molar-refractivity contribution in [3.63, 3.8) is 0 Å². The molecule has 108 valence electrons. The maximum Gasteiger partial charge on any atom is 0.159 e. The highest BCUT2D eigenvalue weighted by Crippen LogP contribution is 2.22. The molecule has 2 aromatic heterocycles. The van der Waals surface area contributed by atoms with Gasteiger partial charge < -0.3 is 4.74 Å². The lowest BCUT2D eigenvalue weighted by Gasteiger charge is -2.03. The number of ether oxygens (including phenoxy) is 1. The molecule has 5 nitrogen and oxygen atoms in total. The minimum absolute atomic E-state index is 0.826. The number of nitrogens with zero attached hydrogens (tertiary/aromatic N) is 4. The van der Waals surface area contributed by atoms with E-state index in [0.29, 0.717) is 0 Å². The zero-order valence-electron chi connectivity index (χ0n) is 12.5. The highest BCUT2D eigenvalue weighted by Gasteiger charge is 2.10. The molecule has 0 aliphatic rings. The van der Waals surface area contributed by atoms with Gasteiger partial charge in [-0.15, -0.1) is 0 Å². The van der Waals surface area contributed by atoms with E-state index in [-0.39, 0.29) is 0 Å². The Morgan fingerprint density at radius 2 is 1.81 bits per heavy atom. The summed E-state index contributed by atoms with van der Waals surface area (Å²) in [5.41, 5.74) is 2.79. The van der Waals surface area contributed by atoms with Gasteiger partial charge in [0.05, 0.1) is 12.8 Å². The molecule has 0 saturated carbocycles. The quantitative estimate of drug-likeness (QED) is 0.738. The summed E-state index contributed by atoms with van der Waals surface area (Å²) in [7, 11) is 1.66. The maximum absolute atomic E-state index is 5.18. The number of aromatic nitrogens is 4. The van der Waals surface area contributed by atoms with E-state index < -0.39 is 0 Å². The number of fused-ring (bicyclic) bond motifs is 1. The summed E-state index contributed by atoms with van der Waals surface area (Å²) in [5, 5.41) is 4.64. The summed E-state index contributed by atoms with van der Waals surface area (Å²) in [6.07, 6.45) is 1.66. The number of hydrogen-bond donors (Lipinski definition) is 0. The van der Waals surface area contributed by atoms with Crippen LogP contribution in [0.3, 0.4) is 0 Å². The Morgan fingerprint density at radius 3 is 2.43 bits per heavy atom. The topological polar surface area (TPSA) is 52.3 Å². The minimum Gasteiger partial charge on any atom is -0.497 e. The number of methoxy groups -OCH3 is 1. The first-order chi connectivity index (χ1) is 10.2. The van der Waals surface area contributed by atoms with Crippen molar-refractivity contribution in [3.05, 3.63) is 42.0 Å². The number of hydrogen-bond acceptors (Lipinski definition) is 4. The van der Waals surface area contributed by atoms with E-state index in [2.05, 4.69) is 28.9 Å². The van der Waals surface area contributed by atoms with Crippen LogP contribution in [0.4, 0.5) is 0 Å². The largest absolute Gasteiger partial charge is 0.497 e. The van der Waals surface area contributed by atoms with Gasteiger partial charge in [-0.25, -0.2) is 14.5 Å². The summed E-state index contributed by atoms with van der Waals surface area (Å²) in [6.45, 7) is 4.14. The molecule has 0 radical (unpaired) electrons. The first-order valence-corrected chi connectivity index (χ1v) is 7.15. The molecule has 21 heavy (non-hydrogen) atoms. The molecule has 2 heterocycles. The minimum atomic E-state index is 0.826. The molecule has 0 amide bonds. The molecule has 0 N–H and O–H groups in total. The van der Waals surface area contributed by atoms with E-state index in [1.165, 1.54) is 0 Å². The Balaban J connectivity index is 2.11. The summed E-state index contributed by atoms with van der Waals surface area (Å²) in [5.74, 6) is 2.64. The average molecular weight is 282 g/mol. The van der Waals surface area contributed by atoms with Crippen LogP contribution in [-0.4, -0.2) is 26.7 Å². The predicted octanol–water partition coefficient (Wildman–Crippen LogP) is 2.92. The summed E-state index contributed by atoms with van der Waals surface area (Å²) < 4.78 is 7.01. The van der Waals surface area contributed by atoms with E-state index >= 15 is 0 Å². The van der Waals surface area contributed by atoms with Gasteiger partial charge in [0.25, 0.3) is 0 Å². The molecule has 0 aliphatic heterocycles. The van der Waals surface area contributed by atoms with Gasteiger partial charge in [-0.05, 0) is 24.3 Å². The third-order valence-electron chi connectivity index (χ3n) is 3.46. The van der Waals surface area contributed by atoms with Gasteiger partial charge in [0.2, 0.25) is 0 Å². The Bertz CT molecular complexity index is 762. The van der Waals surface area contributed by atoms with Gasteiger partial charge >= 0.3 is 0 Å². The molecule has 3 rings (SSSR count). The molecule has 3 aromatic rings. The third-order valence-corrected chi connectivity index (χ3v) is 3.46. The van der Waals surface area contributed by atoms with Crippen LogP contribution in [0.2, 0.25) is 0 Å². The first-order valence-electron chi connectivity index (χ1n) is 7.15. The summed E-state index contributed by atoms with van der Waals surface area (Å²) in [6, 6.07) is 9.87. The van der Waals surface area contributed by atoms with Crippen molar-refractivity contribution >= 4 is 5.65 Å². The lowest BCUT2D eigenvalue weighted by molar-refractivity contribution is 0.415. The number of rotatable bonds is 4. The lowest BCUT2D eigenvalue weighted by Crippen LogP contribution is -2.06. The van der Waals surface area contributed by atoms with Gasteiger partial charge in [0.1, 0.15) is 17.4 Å².